The topological polar surface area (TPSA) is 53.4 Å². The van der Waals surface area contributed by atoms with E-state index < -0.39 is 5.41 Å². The highest BCUT2D eigenvalue weighted by Gasteiger charge is 2.49. The van der Waals surface area contributed by atoms with E-state index in [2.05, 4.69) is 35.8 Å². The van der Waals surface area contributed by atoms with Crippen LogP contribution in [0.1, 0.15) is 30.4 Å². The molecular weight excluding hydrogens is 352 g/mol. The highest BCUT2D eigenvalue weighted by Crippen LogP contribution is 2.46. The van der Waals surface area contributed by atoms with Crippen LogP contribution in [0, 0.1) is 6.92 Å². The molecule has 0 radical (unpaired) electrons. The molecule has 5 rings (SSSR count). The van der Waals surface area contributed by atoms with Gasteiger partial charge in [-0.2, -0.15) is 0 Å². The molecule has 2 aliphatic rings. The molecule has 0 saturated carbocycles. The Labute approximate surface area is 164 Å². The molecule has 0 bridgehead atoms. The molecule has 2 aliphatic heterocycles. The predicted octanol–water partition coefficient (Wildman–Crippen LogP) is 4.01. The maximum Gasteiger partial charge on any atom is 0.318 e. The smallest absolute Gasteiger partial charge is 0.318 e. The summed E-state index contributed by atoms with van der Waals surface area (Å²) in [4.78, 5) is 18.2. The molecule has 28 heavy (non-hydrogen) atoms. The molecule has 5 nitrogen and oxygen atoms in total. The third-order valence-corrected chi connectivity index (χ3v) is 6.19. The second-order valence-corrected chi connectivity index (χ2v) is 7.97. The van der Waals surface area contributed by atoms with Crippen molar-refractivity contribution in [1.82, 2.24) is 9.55 Å². The molecule has 0 amide bonds. The normalized spacial score (nSPS) is 23.4. The van der Waals surface area contributed by atoms with Gasteiger partial charge in [0, 0.05) is 18.7 Å². The summed E-state index contributed by atoms with van der Waals surface area (Å²) < 4.78 is 13.5. The standard InChI is InChI=1S/C23H24N2O3/c1-15-9-10-17-18(12-15)23(22(26)27-2,13-16-6-5-11-28-16)14-25-20-8-4-3-7-19(20)24-21(17)25/h3-4,7-10,12,16H,5-6,11,13-14H2,1-2H3. The fraction of sp³-hybridized carbons (Fsp3) is 0.391. The van der Waals surface area contributed by atoms with Gasteiger partial charge in [0.2, 0.25) is 0 Å². The van der Waals surface area contributed by atoms with Crippen LogP contribution in [0.15, 0.2) is 42.5 Å². The zero-order valence-corrected chi connectivity index (χ0v) is 16.3. The van der Waals surface area contributed by atoms with E-state index in [1.54, 1.807) is 0 Å². The van der Waals surface area contributed by atoms with Crippen molar-refractivity contribution in [1.29, 1.82) is 0 Å². The van der Waals surface area contributed by atoms with Gasteiger partial charge in [0.05, 0.1) is 24.2 Å². The van der Waals surface area contributed by atoms with E-state index in [4.69, 9.17) is 14.5 Å². The molecule has 2 unspecified atom stereocenters. The van der Waals surface area contributed by atoms with Gasteiger partial charge in [0.25, 0.3) is 0 Å². The van der Waals surface area contributed by atoms with Crippen molar-refractivity contribution >= 4 is 17.0 Å². The third kappa shape index (κ3) is 2.49. The molecule has 1 aromatic heterocycles. The van der Waals surface area contributed by atoms with Crippen molar-refractivity contribution < 1.29 is 14.3 Å². The summed E-state index contributed by atoms with van der Waals surface area (Å²) in [7, 11) is 1.48. The van der Waals surface area contributed by atoms with Gasteiger partial charge in [-0.1, -0.05) is 35.9 Å². The molecule has 1 fully saturated rings. The number of hydrogen-bond donors (Lipinski definition) is 0. The third-order valence-electron chi connectivity index (χ3n) is 6.19. The molecule has 1 saturated heterocycles. The monoisotopic (exact) mass is 376 g/mol. The van der Waals surface area contributed by atoms with Gasteiger partial charge in [-0.3, -0.25) is 4.79 Å². The number of imidazole rings is 1. The van der Waals surface area contributed by atoms with E-state index in [1.165, 1.54) is 7.11 Å². The van der Waals surface area contributed by atoms with E-state index in [1.807, 2.05) is 18.2 Å². The number of para-hydroxylation sites is 2. The van der Waals surface area contributed by atoms with Gasteiger partial charge in [-0.05, 0) is 43.9 Å². The number of fused-ring (bicyclic) bond motifs is 5. The number of methoxy groups -OCH3 is 1. The number of esters is 1. The zero-order valence-electron chi connectivity index (χ0n) is 16.3. The fourth-order valence-electron chi connectivity index (χ4n) is 4.87. The summed E-state index contributed by atoms with van der Waals surface area (Å²) in [6.07, 6.45) is 2.73. The summed E-state index contributed by atoms with van der Waals surface area (Å²) in [5, 5.41) is 0. The van der Waals surface area contributed by atoms with Gasteiger partial charge >= 0.3 is 5.97 Å². The van der Waals surface area contributed by atoms with Crippen LogP contribution in [0.25, 0.3) is 22.4 Å². The summed E-state index contributed by atoms with van der Waals surface area (Å²) >= 11 is 0. The number of aromatic nitrogens is 2. The molecular formula is C23H24N2O3. The number of benzene rings is 2. The molecule has 5 heteroatoms. The van der Waals surface area contributed by atoms with Crippen LogP contribution in [0.3, 0.4) is 0 Å². The Morgan fingerprint density at radius 3 is 2.96 bits per heavy atom. The Morgan fingerprint density at radius 1 is 1.32 bits per heavy atom. The minimum absolute atomic E-state index is 0.0730. The van der Waals surface area contributed by atoms with Gasteiger partial charge in [-0.15, -0.1) is 0 Å². The number of aryl methyl sites for hydroxylation is 1. The summed E-state index contributed by atoms with van der Waals surface area (Å²) in [5.74, 6) is 0.723. The number of carbonyl (C=O) groups excluding carboxylic acids is 1. The lowest BCUT2D eigenvalue weighted by molar-refractivity contribution is -0.150. The first kappa shape index (κ1) is 17.4. The molecule has 3 heterocycles. The van der Waals surface area contributed by atoms with Crippen LogP contribution in [0.5, 0.6) is 0 Å². The molecule has 144 valence electrons. The van der Waals surface area contributed by atoms with Gasteiger partial charge in [-0.25, -0.2) is 4.98 Å². The molecule has 2 atom stereocenters. The van der Waals surface area contributed by atoms with Gasteiger partial charge in [0.1, 0.15) is 11.2 Å². The second kappa shape index (κ2) is 6.45. The molecule has 2 aromatic carbocycles. The lowest BCUT2D eigenvalue weighted by atomic mass is 9.71. The Kier molecular flexibility index (Phi) is 4.02. The van der Waals surface area contributed by atoms with Crippen LogP contribution >= 0.6 is 0 Å². The first-order chi connectivity index (χ1) is 13.6. The predicted molar refractivity (Wildman–Crippen MR) is 107 cm³/mol. The van der Waals surface area contributed by atoms with E-state index in [-0.39, 0.29) is 12.1 Å². The minimum Gasteiger partial charge on any atom is -0.468 e. The summed E-state index contributed by atoms with van der Waals surface area (Å²) in [6, 6.07) is 14.4. The van der Waals surface area contributed by atoms with Crippen molar-refractivity contribution in [3.8, 4) is 11.4 Å². The average molecular weight is 376 g/mol. The lowest BCUT2D eigenvalue weighted by Gasteiger charge is -2.39. The maximum absolute atomic E-state index is 13.3. The number of nitrogens with zero attached hydrogens (tertiary/aromatic N) is 2. The minimum atomic E-state index is -0.776. The highest BCUT2D eigenvalue weighted by molar-refractivity contribution is 5.90. The number of hydrogen-bond acceptors (Lipinski definition) is 4. The Bertz CT molecular complexity index is 1060. The van der Waals surface area contributed by atoms with Gasteiger partial charge < -0.3 is 14.0 Å². The largest absolute Gasteiger partial charge is 0.468 e. The van der Waals surface area contributed by atoms with Crippen molar-refractivity contribution in [3.05, 3.63) is 53.6 Å². The maximum atomic E-state index is 13.3. The van der Waals surface area contributed by atoms with Crippen LogP contribution < -0.4 is 0 Å². The van der Waals surface area contributed by atoms with E-state index in [9.17, 15) is 4.79 Å². The lowest BCUT2D eigenvalue weighted by Crippen LogP contribution is -2.46. The Hall–Kier alpha value is -2.66. The number of carbonyl (C=O) groups is 1. The number of ether oxygens (including phenoxy) is 2. The Balaban J connectivity index is 1.77. The first-order valence-electron chi connectivity index (χ1n) is 9.89. The summed E-state index contributed by atoms with van der Waals surface area (Å²) in [6.45, 7) is 3.35. The van der Waals surface area contributed by atoms with E-state index >= 15 is 0 Å². The molecule has 0 N–H and O–H groups in total. The molecule has 0 spiro atoms. The van der Waals surface area contributed by atoms with Crippen LogP contribution in [0.2, 0.25) is 0 Å². The second-order valence-electron chi connectivity index (χ2n) is 7.97. The molecule has 0 aliphatic carbocycles. The van der Waals surface area contributed by atoms with Crippen molar-refractivity contribution in [3.63, 3.8) is 0 Å². The van der Waals surface area contributed by atoms with Crippen molar-refractivity contribution in [2.75, 3.05) is 13.7 Å². The fourth-order valence-corrected chi connectivity index (χ4v) is 4.87. The van der Waals surface area contributed by atoms with E-state index in [0.29, 0.717) is 13.0 Å². The van der Waals surface area contributed by atoms with Crippen LogP contribution in [-0.4, -0.2) is 35.3 Å². The Morgan fingerprint density at radius 2 is 2.18 bits per heavy atom. The quantitative estimate of drug-likeness (QED) is 0.648. The summed E-state index contributed by atoms with van der Waals surface area (Å²) in [5.41, 5.74) is 4.37. The van der Waals surface area contributed by atoms with Crippen LogP contribution in [-0.2, 0) is 26.2 Å². The number of rotatable bonds is 3. The first-order valence-corrected chi connectivity index (χ1v) is 9.89. The SMILES string of the molecule is COC(=O)C1(CC2CCCO2)Cn2c(nc3ccccc32)-c2ccc(C)cc21. The van der Waals surface area contributed by atoms with Crippen molar-refractivity contribution in [2.45, 2.75) is 44.2 Å². The van der Waals surface area contributed by atoms with E-state index in [0.717, 1.165) is 53.0 Å². The zero-order chi connectivity index (χ0) is 19.3. The van der Waals surface area contributed by atoms with Gasteiger partial charge in [0.15, 0.2) is 0 Å². The average Bonchev–Trinajstić information content (AvgIpc) is 3.35. The molecule has 3 aromatic rings. The van der Waals surface area contributed by atoms with Crippen LogP contribution in [0.4, 0.5) is 0 Å². The van der Waals surface area contributed by atoms with Crippen molar-refractivity contribution in [2.24, 2.45) is 0 Å². The highest BCUT2D eigenvalue weighted by atomic mass is 16.5.